The van der Waals surface area contributed by atoms with Crippen LogP contribution in [0, 0.1) is 17.0 Å². The highest BCUT2D eigenvalue weighted by Gasteiger charge is 2.23. The number of nitrogens with one attached hydrogen (secondary N) is 2. The lowest BCUT2D eigenvalue weighted by atomic mass is 10.2. The minimum absolute atomic E-state index is 0.0524. The van der Waals surface area contributed by atoms with Crippen LogP contribution >= 0.6 is 0 Å². The number of hydrogen-bond donors (Lipinski definition) is 2. The van der Waals surface area contributed by atoms with E-state index in [9.17, 15) is 10.1 Å². The lowest BCUT2D eigenvalue weighted by Gasteiger charge is -2.21. The van der Waals surface area contributed by atoms with Gasteiger partial charge in [-0.1, -0.05) is 12.1 Å². The van der Waals surface area contributed by atoms with Crippen molar-refractivity contribution in [3.05, 3.63) is 39.9 Å². The van der Waals surface area contributed by atoms with E-state index in [1.54, 1.807) is 0 Å². The number of benzene rings is 1. The molecule has 7 heteroatoms. The Balaban J connectivity index is 2.00. The molecule has 2 rings (SSSR count). The fraction of sp³-hybridized carbons (Fsp3) is 0.462. The molecule has 1 heterocycles. The van der Waals surface area contributed by atoms with Crippen molar-refractivity contribution in [3.63, 3.8) is 0 Å². The van der Waals surface area contributed by atoms with E-state index >= 15 is 0 Å². The van der Waals surface area contributed by atoms with Crippen molar-refractivity contribution in [1.82, 2.24) is 0 Å². The first-order valence-electron chi connectivity index (χ1n) is 6.60. The Morgan fingerprint density at radius 3 is 2.90 bits per heavy atom. The summed E-state index contributed by atoms with van der Waals surface area (Å²) in [4.78, 5) is 11.7. The highest BCUT2D eigenvalue weighted by molar-refractivity contribution is 5.75. The number of nitrogens with zero attached hydrogens (tertiary/aromatic N) is 2. The third-order valence-corrected chi connectivity index (χ3v) is 3.15. The van der Waals surface area contributed by atoms with Crippen molar-refractivity contribution < 1.29 is 14.6 Å². The summed E-state index contributed by atoms with van der Waals surface area (Å²) in [5.74, 6) is -0.0524. The van der Waals surface area contributed by atoms with Crippen LogP contribution in [0.4, 0.5) is 5.69 Å². The van der Waals surface area contributed by atoms with E-state index < -0.39 is 4.92 Å². The number of rotatable bonds is 4. The number of amidine groups is 1. The molecule has 7 nitrogen and oxygen atoms in total. The van der Waals surface area contributed by atoms with E-state index in [1.807, 2.05) is 31.2 Å². The van der Waals surface area contributed by atoms with Crippen LogP contribution in [-0.2, 0) is 4.74 Å². The van der Waals surface area contributed by atoms with Crippen molar-refractivity contribution in [3.8, 4) is 0 Å². The maximum atomic E-state index is 11.1. The molecule has 0 aromatic heterocycles. The molecule has 1 fully saturated rings. The van der Waals surface area contributed by atoms with Gasteiger partial charge in [0.1, 0.15) is 13.1 Å². The third kappa shape index (κ3) is 4.29. The summed E-state index contributed by atoms with van der Waals surface area (Å²) in [5, 5.41) is 15.0. The van der Waals surface area contributed by atoms with E-state index in [4.69, 9.17) is 4.74 Å². The van der Waals surface area contributed by atoms with E-state index in [2.05, 4.69) is 10.5 Å². The minimum Gasteiger partial charge on any atom is -0.370 e. The number of nitro groups is 1. The van der Waals surface area contributed by atoms with Crippen LogP contribution in [0.15, 0.2) is 29.4 Å². The standard InChI is InChI=1S/C13H18N4O3/c1-11-3-2-4-12(9-11)14-15-13(17(18)19)10-16-5-7-20-8-6-16/h2-4,9,14H,5-8,10H2,1H3/p+1/b15-13+. The molecule has 0 saturated carbocycles. The van der Waals surface area contributed by atoms with Gasteiger partial charge in [-0.15, -0.1) is 0 Å². The summed E-state index contributed by atoms with van der Waals surface area (Å²) in [5.41, 5.74) is 4.59. The largest absolute Gasteiger partial charge is 0.418 e. The zero-order chi connectivity index (χ0) is 14.4. The van der Waals surface area contributed by atoms with Crippen LogP contribution in [0.2, 0.25) is 0 Å². The molecule has 0 unspecified atom stereocenters. The Bertz CT molecular complexity index is 498. The van der Waals surface area contributed by atoms with Gasteiger partial charge in [0.25, 0.3) is 0 Å². The predicted molar refractivity (Wildman–Crippen MR) is 75.6 cm³/mol. The fourth-order valence-corrected chi connectivity index (χ4v) is 2.05. The van der Waals surface area contributed by atoms with Gasteiger partial charge in [-0.25, -0.2) is 0 Å². The second kappa shape index (κ2) is 6.97. The summed E-state index contributed by atoms with van der Waals surface area (Å²) in [6.45, 7) is 5.10. The SMILES string of the molecule is Cc1cccc(N/N=C(\C[NH+]2CCOCC2)[N+](=O)[O-])c1. The molecular formula is C13H19N4O3+. The first-order chi connectivity index (χ1) is 9.65. The minimum atomic E-state index is -0.425. The number of quaternary nitrogens is 1. The van der Waals surface area contributed by atoms with Gasteiger partial charge >= 0.3 is 5.84 Å². The Hall–Kier alpha value is -1.99. The van der Waals surface area contributed by atoms with Crippen molar-refractivity contribution >= 4 is 11.5 Å². The number of aryl methyl sites for hydroxylation is 1. The van der Waals surface area contributed by atoms with Gasteiger partial charge in [-0.05, 0) is 29.5 Å². The summed E-state index contributed by atoms with van der Waals surface area (Å²) in [6, 6.07) is 7.56. The Morgan fingerprint density at radius 1 is 1.50 bits per heavy atom. The molecule has 1 aromatic carbocycles. The topological polar surface area (TPSA) is 81.2 Å². The average Bonchev–Trinajstić information content (AvgIpc) is 2.44. The maximum Gasteiger partial charge on any atom is 0.418 e. The summed E-state index contributed by atoms with van der Waals surface area (Å²) < 4.78 is 5.24. The van der Waals surface area contributed by atoms with E-state index in [0.29, 0.717) is 19.8 Å². The molecule has 20 heavy (non-hydrogen) atoms. The van der Waals surface area contributed by atoms with Gasteiger partial charge in [-0.2, -0.15) is 5.43 Å². The zero-order valence-corrected chi connectivity index (χ0v) is 11.5. The number of hydrazone groups is 1. The van der Waals surface area contributed by atoms with Crippen molar-refractivity contribution in [2.75, 3.05) is 38.3 Å². The monoisotopic (exact) mass is 279 g/mol. The smallest absolute Gasteiger partial charge is 0.370 e. The van der Waals surface area contributed by atoms with Crippen LogP contribution in [0.3, 0.4) is 0 Å². The number of anilines is 1. The summed E-state index contributed by atoms with van der Waals surface area (Å²) in [6.07, 6.45) is 0. The summed E-state index contributed by atoms with van der Waals surface area (Å²) >= 11 is 0. The van der Waals surface area contributed by atoms with Gasteiger partial charge in [0, 0.05) is 0 Å². The normalized spacial score (nSPS) is 16.9. The van der Waals surface area contributed by atoms with Crippen molar-refractivity contribution in [1.29, 1.82) is 0 Å². The second-order valence-electron chi connectivity index (χ2n) is 4.81. The molecule has 0 spiro atoms. The van der Waals surface area contributed by atoms with Crippen LogP contribution in [-0.4, -0.2) is 43.6 Å². The fourth-order valence-electron chi connectivity index (χ4n) is 2.05. The van der Waals surface area contributed by atoms with E-state index in [1.165, 1.54) is 0 Å². The maximum absolute atomic E-state index is 11.1. The van der Waals surface area contributed by atoms with Crippen molar-refractivity contribution in [2.45, 2.75) is 6.92 Å². The first kappa shape index (κ1) is 14.4. The third-order valence-electron chi connectivity index (χ3n) is 3.15. The summed E-state index contributed by atoms with van der Waals surface area (Å²) in [7, 11) is 0. The molecular weight excluding hydrogens is 260 g/mol. The molecule has 1 aliphatic heterocycles. The first-order valence-corrected chi connectivity index (χ1v) is 6.60. The second-order valence-corrected chi connectivity index (χ2v) is 4.81. The van der Waals surface area contributed by atoms with Gasteiger partial charge in [-0.3, -0.25) is 0 Å². The molecule has 1 aliphatic rings. The quantitative estimate of drug-likeness (QED) is 0.349. The van der Waals surface area contributed by atoms with Crippen molar-refractivity contribution in [2.24, 2.45) is 5.10 Å². The Morgan fingerprint density at radius 2 is 2.25 bits per heavy atom. The molecule has 0 atom stereocenters. The molecule has 1 saturated heterocycles. The highest BCUT2D eigenvalue weighted by Crippen LogP contribution is 2.09. The Kier molecular flexibility index (Phi) is 5.03. The predicted octanol–water partition coefficient (Wildman–Crippen LogP) is -0.0878. The molecule has 2 N–H and O–H groups in total. The molecule has 108 valence electrons. The Labute approximate surface area is 117 Å². The highest BCUT2D eigenvalue weighted by atomic mass is 16.6. The van der Waals surface area contributed by atoms with Gasteiger partial charge in [0.2, 0.25) is 0 Å². The van der Waals surface area contributed by atoms with E-state index in [0.717, 1.165) is 29.2 Å². The van der Waals surface area contributed by atoms with Gasteiger partial charge in [0.15, 0.2) is 6.54 Å². The van der Waals surface area contributed by atoms with E-state index in [-0.39, 0.29) is 5.84 Å². The number of hydrogen-bond acceptors (Lipinski definition) is 5. The van der Waals surface area contributed by atoms with Gasteiger partial charge < -0.3 is 19.8 Å². The zero-order valence-electron chi connectivity index (χ0n) is 11.5. The lowest BCUT2D eigenvalue weighted by Crippen LogP contribution is -3.15. The average molecular weight is 279 g/mol. The lowest BCUT2D eigenvalue weighted by molar-refractivity contribution is -0.901. The van der Waals surface area contributed by atoms with Crippen LogP contribution in [0.1, 0.15) is 5.56 Å². The van der Waals surface area contributed by atoms with Crippen LogP contribution in [0.25, 0.3) is 0 Å². The van der Waals surface area contributed by atoms with Gasteiger partial charge in [0.05, 0.1) is 24.0 Å². The molecule has 0 bridgehead atoms. The number of morpholine rings is 1. The molecule has 0 radical (unpaired) electrons. The van der Waals surface area contributed by atoms with Crippen LogP contribution in [0.5, 0.6) is 0 Å². The van der Waals surface area contributed by atoms with Crippen LogP contribution < -0.4 is 10.3 Å². The number of ether oxygens (including phenoxy) is 1. The molecule has 0 aliphatic carbocycles. The molecule has 1 aromatic rings. The molecule has 0 amide bonds.